The number of rotatable bonds is 7. The third-order valence-electron chi connectivity index (χ3n) is 3.06. The molecular formula is C14H21NO2S. The van der Waals surface area contributed by atoms with Gasteiger partial charge in [0, 0.05) is 11.4 Å². The maximum atomic E-state index is 11.3. The molecule has 0 spiro atoms. The monoisotopic (exact) mass is 267 g/mol. The quantitative estimate of drug-likeness (QED) is 0.745. The second kappa shape index (κ2) is 6.81. The van der Waals surface area contributed by atoms with Crippen molar-refractivity contribution < 1.29 is 9.90 Å². The third-order valence-corrected chi connectivity index (χ3v) is 3.81. The van der Waals surface area contributed by atoms with Gasteiger partial charge in [0.1, 0.15) is 5.54 Å². The molecule has 0 aliphatic rings. The van der Waals surface area contributed by atoms with E-state index in [1.807, 2.05) is 25.3 Å². The minimum atomic E-state index is -0.840. The molecule has 1 atom stereocenters. The minimum absolute atomic E-state index is 0.581. The summed E-state index contributed by atoms with van der Waals surface area (Å²) in [6.07, 6.45) is 3.52. The number of carboxylic acid groups (broad SMARTS) is 1. The van der Waals surface area contributed by atoms with E-state index in [0.717, 1.165) is 12.0 Å². The number of carbonyl (C=O) groups is 1. The molecule has 1 aromatic carbocycles. The number of thioether (sulfide) groups is 1. The summed E-state index contributed by atoms with van der Waals surface area (Å²) in [6.45, 7) is 4.32. The maximum Gasteiger partial charge on any atom is 0.323 e. The zero-order valence-electron chi connectivity index (χ0n) is 11.2. The lowest BCUT2D eigenvalue weighted by atomic mass is 9.96. The van der Waals surface area contributed by atoms with Gasteiger partial charge >= 0.3 is 5.97 Å². The molecule has 0 amide bonds. The first-order chi connectivity index (χ1) is 8.51. The second-order valence-electron chi connectivity index (χ2n) is 4.59. The summed E-state index contributed by atoms with van der Waals surface area (Å²) in [5.41, 5.74) is 0.267. The van der Waals surface area contributed by atoms with Crippen molar-refractivity contribution in [2.24, 2.45) is 0 Å². The molecule has 1 aromatic rings. The van der Waals surface area contributed by atoms with Gasteiger partial charge in [-0.3, -0.25) is 10.1 Å². The van der Waals surface area contributed by atoms with Crippen LogP contribution < -0.4 is 5.32 Å². The van der Waals surface area contributed by atoms with E-state index in [9.17, 15) is 9.90 Å². The van der Waals surface area contributed by atoms with Gasteiger partial charge in [-0.25, -0.2) is 0 Å². The number of hydrogen-bond donors (Lipinski definition) is 2. The fourth-order valence-electron chi connectivity index (χ4n) is 1.81. The molecular weight excluding hydrogens is 246 g/mol. The molecule has 100 valence electrons. The Balaban J connectivity index is 2.64. The van der Waals surface area contributed by atoms with E-state index < -0.39 is 11.5 Å². The molecule has 0 heterocycles. The van der Waals surface area contributed by atoms with Crippen molar-refractivity contribution in [3.05, 3.63) is 29.8 Å². The van der Waals surface area contributed by atoms with Crippen LogP contribution in [0.3, 0.4) is 0 Å². The first-order valence-electron chi connectivity index (χ1n) is 6.13. The largest absolute Gasteiger partial charge is 0.480 e. The van der Waals surface area contributed by atoms with Crippen molar-refractivity contribution >= 4 is 17.7 Å². The van der Waals surface area contributed by atoms with Gasteiger partial charge in [-0.05, 0) is 37.3 Å². The van der Waals surface area contributed by atoms with Crippen LogP contribution in [-0.4, -0.2) is 22.9 Å². The van der Waals surface area contributed by atoms with Crippen LogP contribution in [0.1, 0.15) is 32.3 Å². The summed E-state index contributed by atoms with van der Waals surface area (Å²) in [5.74, 6) is -0.787. The predicted molar refractivity (Wildman–Crippen MR) is 76.0 cm³/mol. The summed E-state index contributed by atoms with van der Waals surface area (Å²) in [7, 11) is 0. The topological polar surface area (TPSA) is 49.3 Å². The molecule has 0 fully saturated rings. The predicted octanol–water partition coefficient (Wildman–Crippen LogP) is 3.14. The van der Waals surface area contributed by atoms with E-state index >= 15 is 0 Å². The summed E-state index contributed by atoms with van der Waals surface area (Å²) in [5, 5.41) is 12.4. The Kier molecular flexibility index (Phi) is 5.69. The van der Waals surface area contributed by atoms with E-state index in [2.05, 4.69) is 17.4 Å². The number of hydrogen-bond acceptors (Lipinski definition) is 3. The van der Waals surface area contributed by atoms with Gasteiger partial charge in [0.2, 0.25) is 0 Å². The highest BCUT2D eigenvalue weighted by molar-refractivity contribution is 7.98. The average Bonchev–Trinajstić information content (AvgIpc) is 2.37. The molecule has 0 aliphatic carbocycles. The Morgan fingerprint density at radius 1 is 1.39 bits per heavy atom. The van der Waals surface area contributed by atoms with E-state index in [4.69, 9.17) is 0 Å². The molecule has 0 saturated carbocycles. The highest BCUT2D eigenvalue weighted by Gasteiger charge is 2.31. The van der Waals surface area contributed by atoms with Crippen LogP contribution in [0.15, 0.2) is 29.2 Å². The summed E-state index contributed by atoms with van der Waals surface area (Å²) < 4.78 is 0. The second-order valence-corrected chi connectivity index (χ2v) is 5.47. The normalized spacial score (nSPS) is 14.2. The number of carboxylic acids is 1. The molecule has 0 aliphatic heterocycles. The molecule has 1 unspecified atom stereocenters. The van der Waals surface area contributed by atoms with Gasteiger partial charge in [-0.1, -0.05) is 25.5 Å². The van der Waals surface area contributed by atoms with Gasteiger partial charge in [-0.15, -0.1) is 11.8 Å². The highest BCUT2D eigenvalue weighted by atomic mass is 32.2. The summed E-state index contributed by atoms with van der Waals surface area (Å²) in [6, 6.07) is 8.18. The van der Waals surface area contributed by atoms with Crippen LogP contribution >= 0.6 is 11.8 Å². The smallest absolute Gasteiger partial charge is 0.323 e. The summed E-state index contributed by atoms with van der Waals surface area (Å²) >= 11 is 1.70. The lowest BCUT2D eigenvalue weighted by molar-refractivity contribution is -0.144. The molecule has 0 aromatic heterocycles. The lowest BCUT2D eigenvalue weighted by Crippen LogP contribution is -2.48. The number of nitrogens with one attached hydrogen (secondary N) is 1. The van der Waals surface area contributed by atoms with Gasteiger partial charge in [0.25, 0.3) is 0 Å². The van der Waals surface area contributed by atoms with Crippen LogP contribution in [0.2, 0.25) is 0 Å². The Morgan fingerprint density at radius 2 is 2.00 bits per heavy atom. The Bertz CT molecular complexity index is 391. The van der Waals surface area contributed by atoms with Crippen LogP contribution in [-0.2, 0) is 11.3 Å². The summed E-state index contributed by atoms with van der Waals surface area (Å²) in [4.78, 5) is 12.5. The third kappa shape index (κ3) is 4.03. The Morgan fingerprint density at radius 3 is 2.44 bits per heavy atom. The highest BCUT2D eigenvalue weighted by Crippen LogP contribution is 2.17. The minimum Gasteiger partial charge on any atom is -0.480 e. The van der Waals surface area contributed by atoms with Crippen molar-refractivity contribution in [1.82, 2.24) is 5.32 Å². The van der Waals surface area contributed by atoms with Crippen molar-refractivity contribution in [3.63, 3.8) is 0 Å². The van der Waals surface area contributed by atoms with Gasteiger partial charge < -0.3 is 5.11 Å². The molecule has 0 radical (unpaired) electrons. The average molecular weight is 267 g/mol. The van der Waals surface area contributed by atoms with Crippen molar-refractivity contribution in [2.45, 2.75) is 43.7 Å². The number of aliphatic carboxylic acids is 1. The molecule has 4 heteroatoms. The van der Waals surface area contributed by atoms with Crippen molar-refractivity contribution in [3.8, 4) is 0 Å². The van der Waals surface area contributed by atoms with Crippen LogP contribution in [0.25, 0.3) is 0 Å². The number of benzene rings is 1. The van der Waals surface area contributed by atoms with Gasteiger partial charge in [0.05, 0.1) is 0 Å². The van der Waals surface area contributed by atoms with Gasteiger partial charge in [-0.2, -0.15) is 0 Å². The molecule has 2 N–H and O–H groups in total. The van der Waals surface area contributed by atoms with Crippen molar-refractivity contribution in [2.75, 3.05) is 6.26 Å². The molecule has 0 saturated heterocycles. The zero-order chi connectivity index (χ0) is 13.6. The molecule has 3 nitrogen and oxygen atoms in total. The molecule has 1 rings (SSSR count). The van der Waals surface area contributed by atoms with E-state index in [1.165, 1.54) is 4.90 Å². The van der Waals surface area contributed by atoms with E-state index in [-0.39, 0.29) is 0 Å². The van der Waals surface area contributed by atoms with Crippen molar-refractivity contribution in [1.29, 1.82) is 0 Å². The van der Waals surface area contributed by atoms with Crippen LogP contribution in [0.4, 0.5) is 0 Å². The van der Waals surface area contributed by atoms with E-state index in [1.54, 1.807) is 18.7 Å². The lowest BCUT2D eigenvalue weighted by Gasteiger charge is -2.26. The first-order valence-corrected chi connectivity index (χ1v) is 7.35. The maximum absolute atomic E-state index is 11.3. The van der Waals surface area contributed by atoms with Gasteiger partial charge in [0.15, 0.2) is 0 Å². The fraction of sp³-hybridized carbons (Fsp3) is 0.500. The molecule has 18 heavy (non-hydrogen) atoms. The zero-order valence-corrected chi connectivity index (χ0v) is 12.0. The Hall–Kier alpha value is -1.00. The van der Waals surface area contributed by atoms with E-state index in [0.29, 0.717) is 13.0 Å². The standard InChI is InChI=1S/C14H21NO2S/c1-4-9-14(2,13(16)17)15-10-11-5-7-12(18-3)8-6-11/h5-8,15H,4,9-10H2,1-3H3,(H,16,17). The first kappa shape index (κ1) is 15.1. The van der Waals surface area contributed by atoms with Crippen LogP contribution in [0.5, 0.6) is 0 Å². The fourth-order valence-corrected chi connectivity index (χ4v) is 2.22. The van der Waals surface area contributed by atoms with Crippen LogP contribution in [0, 0.1) is 0 Å². The Labute approximate surface area is 113 Å². The SMILES string of the molecule is CCCC(C)(NCc1ccc(SC)cc1)C(=O)O. The molecule has 0 bridgehead atoms.